The number of hydrogen-bond donors (Lipinski definition) is 0. The molecule has 10 nitrogen and oxygen atoms in total. The van der Waals surface area contributed by atoms with E-state index in [2.05, 4.69) is 0 Å². The Morgan fingerprint density at radius 2 is 0.696 bits per heavy atom. The van der Waals surface area contributed by atoms with Gasteiger partial charge in [-0.05, 0) is 71.8 Å². The van der Waals surface area contributed by atoms with Gasteiger partial charge in [0.2, 0.25) is 0 Å². The summed E-state index contributed by atoms with van der Waals surface area (Å²) in [6.45, 7) is 2.09. The van der Waals surface area contributed by atoms with Crippen molar-refractivity contribution in [3.8, 4) is 34.1 Å². The van der Waals surface area contributed by atoms with Crippen molar-refractivity contribution in [2.75, 3.05) is 0 Å². The molecule has 278 valence electrons. The van der Waals surface area contributed by atoms with Crippen LogP contribution in [0.1, 0.15) is 66.4 Å². The summed E-state index contributed by atoms with van der Waals surface area (Å²) in [4.78, 5) is 79.5. The van der Waals surface area contributed by atoms with Gasteiger partial charge in [-0.3, -0.25) is 19.2 Å². The molecule has 0 heterocycles. The zero-order chi connectivity index (χ0) is 39.6. The first-order chi connectivity index (χ1) is 27.0. The van der Waals surface area contributed by atoms with Crippen LogP contribution in [0.2, 0.25) is 0 Å². The van der Waals surface area contributed by atoms with Crippen molar-refractivity contribution in [3.05, 3.63) is 179 Å². The largest absolute Gasteiger partial charge is 0.457 e. The molecule has 56 heavy (non-hydrogen) atoms. The molecule has 0 saturated carbocycles. The van der Waals surface area contributed by atoms with Gasteiger partial charge in [0, 0.05) is 48.9 Å². The maximum absolute atomic E-state index is 14.3. The van der Waals surface area contributed by atoms with E-state index in [1.807, 2.05) is 60.7 Å². The smallest absolute Gasteiger partial charge is 0.346 e. The fourth-order valence-corrected chi connectivity index (χ4v) is 5.98. The van der Waals surface area contributed by atoms with E-state index >= 15 is 0 Å². The molecule has 0 aliphatic carbocycles. The summed E-state index contributed by atoms with van der Waals surface area (Å²) in [7, 11) is 0. The van der Waals surface area contributed by atoms with Crippen LogP contribution in [0.25, 0.3) is 11.1 Å². The second-order valence-electron chi connectivity index (χ2n) is 12.5. The number of hydrogen-bond acceptors (Lipinski definition) is 10. The van der Waals surface area contributed by atoms with Crippen LogP contribution in [0, 0.1) is 0 Å². The minimum Gasteiger partial charge on any atom is -0.457 e. The van der Waals surface area contributed by atoms with E-state index < -0.39 is 35.4 Å². The number of ether oxygens (including phenoxy) is 4. The van der Waals surface area contributed by atoms with Crippen molar-refractivity contribution in [2.24, 2.45) is 0 Å². The van der Waals surface area contributed by atoms with Gasteiger partial charge in [-0.25, -0.2) is 9.59 Å². The van der Waals surface area contributed by atoms with Crippen molar-refractivity contribution >= 4 is 35.4 Å². The third kappa shape index (κ3) is 9.55. The lowest BCUT2D eigenvalue weighted by Gasteiger charge is -2.19. The third-order valence-corrected chi connectivity index (χ3v) is 8.43. The maximum atomic E-state index is 14.3. The molecule has 0 unspecified atom stereocenters. The van der Waals surface area contributed by atoms with Crippen molar-refractivity contribution in [2.45, 2.75) is 26.7 Å². The summed E-state index contributed by atoms with van der Waals surface area (Å²) < 4.78 is 21.7. The number of rotatable bonds is 13. The Labute approximate surface area is 322 Å². The molecule has 0 saturated heterocycles. The van der Waals surface area contributed by atoms with Crippen LogP contribution < -0.4 is 9.47 Å². The van der Waals surface area contributed by atoms with E-state index in [-0.39, 0.29) is 46.2 Å². The summed E-state index contributed by atoms with van der Waals surface area (Å²) in [5.74, 6) is -2.70. The highest BCUT2D eigenvalue weighted by Gasteiger charge is 2.30. The molecule has 10 heteroatoms. The van der Waals surface area contributed by atoms with Gasteiger partial charge in [0.05, 0.1) is 11.1 Å². The fraction of sp³-hybridized carbons (Fsp3) is 0.0870. The Hall–Kier alpha value is -7.46. The van der Waals surface area contributed by atoms with Gasteiger partial charge in [0.25, 0.3) is 0 Å². The molecule has 0 fully saturated rings. The van der Waals surface area contributed by atoms with Crippen LogP contribution >= 0.6 is 0 Å². The minimum absolute atomic E-state index is 0.0489. The maximum Gasteiger partial charge on any atom is 0.346 e. The second kappa shape index (κ2) is 17.6. The Morgan fingerprint density at radius 1 is 0.375 bits per heavy atom. The molecule has 0 N–H and O–H groups in total. The van der Waals surface area contributed by atoms with Crippen LogP contribution in [0.15, 0.2) is 146 Å². The van der Waals surface area contributed by atoms with E-state index in [9.17, 15) is 28.8 Å². The SMILES string of the molecule is CC(=O)OC(=O)c1cccc(C(=O)Cc2ccc(Oc3ccccc3)cc2)c1-c1c(C(=O)Cc2ccc(Oc3ccccc3)cc2)cccc1C(=O)OC(C)=O. The monoisotopic (exact) mass is 746 g/mol. The first-order valence-electron chi connectivity index (χ1n) is 17.5. The first-order valence-corrected chi connectivity index (χ1v) is 17.5. The normalized spacial score (nSPS) is 10.5. The second-order valence-corrected chi connectivity index (χ2v) is 12.5. The van der Waals surface area contributed by atoms with Crippen LogP contribution in [-0.2, 0) is 31.9 Å². The Bertz CT molecular complexity index is 2250. The molecule has 6 aromatic rings. The summed E-state index contributed by atoms with van der Waals surface area (Å²) in [6, 6.07) is 40.5. The molecule has 0 spiro atoms. The van der Waals surface area contributed by atoms with E-state index in [4.69, 9.17) is 18.9 Å². The molecule has 0 radical (unpaired) electrons. The lowest BCUT2D eigenvalue weighted by Crippen LogP contribution is -2.18. The molecule has 0 aromatic heterocycles. The highest BCUT2D eigenvalue weighted by molar-refractivity contribution is 6.17. The van der Waals surface area contributed by atoms with Crippen molar-refractivity contribution in [1.29, 1.82) is 0 Å². The number of carbonyl (C=O) groups is 6. The molecule has 6 aromatic carbocycles. The van der Waals surface area contributed by atoms with Gasteiger partial charge in [-0.15, -0.1) is 0 Å². The molecular weight excluding hydrogens is 712 g/mol. The summed E-state index contributed by atoms with van der Waals surface area (Å²) in [6.07, 6.45) is -0.324. The van der Waals surface area contributed by atoms with Crippen LogP contribution in [0.3, 0.4) is 0 Å². The lowest BCUT2D eigenvalue weighted by atomic mass is 9.83. The third-order valence-electron chi connectivity index (χ3n) is 8.43. The number of para-hydroxylation sites is 2. The Balaban J connectivity index is 1.41. The highest BCUT2D eigenvalue weighted by Crippen LogP contribution is 2.37. The number of esters is 4. The number of benzene rings is 6. The minimum atomic E-state index is -1.12. The Morgan fingerprint density at radius 3 is 1.04 bits per heavy atom. The van der Waals surface area contributed by atoms with E-state index in [1.54, 1.807) is 48.5 Å². The molecule has 0 aliphatic rings. The van der Waals surface area contributed by atoms with Crippen LogP contribution in [-0.4, -0.2) is 35.4 Å². The standard InChI is InChI=1S/C46H34O10/c1-29(47)53-45(51)39-17-9-15-37(41(49)27-31-19-23-35(24-20-31)55-33-11-5-3-6-12-33)43(39)44-38(16-10-18-40(44)46(52)54-30(2)48)42(50)28-32-21-25-36(26-22-32)56-34-13-7-4-8-14-34/h3-26H,27-28H2,1-2H3. The quantitative estimate of drug-likeness (QED) is 0.0638. The lowest BCUT2D eigenvalue weighted by molar-refractivity contribution is -0.136. The average molecular weight is 747 g/mol. The van der Waals surface area contributed by atoms with Crippen molar-refractivity contribution in [3.63, 3.8) is 0 Å². The number of ketones is 2. The topological polar surface area (TPSA) is 139 Å². The molecule has 6 rings (SSSR count). The van der Waals surface area contributed by atoms with E-state index in [0.29, 0.717) is 34.1 Å². The predicted molar refractivity (Wildman–Crippen MR) is 206 cm³/mol. The molecule has 0 atom stereocenters. The van der Waals surface area contributed by atoms with Gasteiger partial charge in [0.1, 0.15) is 23.0 Å². The molecular formula is C46H34O10. The van der Waals surface area contributed by atoms with Crippen LogP contribution in [0.5, 0.6) is 23.0 Å². The first kappa shape index (κ1) is 38.3. The Kier molecular flexibility index (Phi) is 12.0. The van der Waals surface area contributed by atoms with Gasteiger partial charge < -0.3 is 18.9 Å². The highest BCUT2D eigenvalue weighted by atomic mass is 16.6. The van der Waals surface area contributed by atoms with Crippen molar-refractivity contribution < 1.29 is 47.7 Å². The predicted octanol–water partition coefficient (Wildman–Crippen LogP) is 9.20. The number of carbonyl (C=O) groups excluding carboxylic acids is 6. The van der Waals surface area contributed by atoms with Gasteiger partial charge in [0.15, 0.2) is 11.6 Å². The fourth-order valence-electron chi connectivity index (χ4n) is 5.98. The average Bonchev–Trinajstić information content (AvgIpc) is 3.19. The molecule has 0 aliphatic heterocycles. The van der Waals surface area contributed by atoms with Gasteiger partial charge in [-0.1, -0.05) is 84.9 Å². The summed E-state index contributed by atoms with van der Waals surface area (Å²) in [5, 5.41) is 0. The van der Waals surface area contributed by atoms with Crippen LogP contribution in [0.4, 0.5) is 0 Å². The number of Topliss-reactive ketones (excluding diaryl/α,β-unsaturated/α-hetero) is 2. The van der Waals surface area contributed by atoms with Crippen molar-refractivity contribution in [1.82, 2.24) is 0 Å². The summed E-state index contributed by atoms with van der Waals surface area (Å²) >= 11 is 0. The van der Waals surface area contributed by atoms with Gasteiger partial charge >= 0.3 is 23.9 Å². The molecule has 0 bridgehead atoms. The van der Waals surface area contributed by atoms with Gasteiger partial charge in [-0.2, -0.15) is 0 Å². The van der Waals surface area contributed by atoms with E-state index in [0.717, 1.165) is 13.8 Å². The zero-order valence-corrected chi connectivity index (χ0v) is 30.4. The summed E-state index contributed by atoms with van der Waals surface area (Å²) in [5.41, 5.74) is 0.281. The zero-order valence-electron chi connectivity index (χ0n) is 30.4. The van der Waals surface area contributed by atoms with E-state index in [1.165, 1.54) is 36.4 Å². The molecule has 0 amide bonds.